The molecule has 0 radical (unpaired) electrons. The van der Waals surface area contributed by atoms with Crippen molar-refractivity contribution in [2.24, 2.45) is 0 Å². The van der Waals surface area contributed by atoms with Gasteiger partial charge in [-0.15, -0.1) is 0 Å². The molecule has 0 heterocycles. The normalized spacial score (nSPS) is 11.4. The van der Waals surface area contributed by atoms with E-state index in [1.807, 2.05) is 36.4 Å². The molecule has 1 unspecified atom stereocenters. The van der Waals surface area contributed by atoms with Gasteiger partial charge in [0.25, 0.3) is 0 Å². The number of anilines is 1. The highest BCUT2D eigenvalue weighted by Crippen LogP contribution is 2.26. The van der Waals surface area contributed by atoms with Crippen LogP contribution in [0.1, 0.15) is 24.9 Å². The molecule has 0 amide bonds. The molecule has 0 saturated heterocycles. The van der Waals surface area contributed by atoms with Crippen molar-refractivity contribution >= 4 is 23.0 Å². The molecule has 122 valence electrons. The van der Waals surface area contributed by atoms with Gasteiger partial charge in [0, 0.05) is 23.9 Å². The Balaban J connectivity index is 2.06. The number of hydrogen-bond acceptors (Lipinski definition) is 3. The van der Waals surface area contributed by atoms with E-state index in [2.05, 4.69) is 29.7 Å². The van der Waals surface area contributed by atoms with Crippen molar-refractivity contribution in [1.29, 1.82) is 0 Å². The lowest BCUT2D eigenvalue weighted by molar-refractivity contribution is 0.395. The van der Waals surface area contributed by atoms with Gasteiger partial charge in [-0.2, -0.15) is 0 Å². The number of ether oxygens (including phenoxy) is 2. The molecule has 2 aromatic rings. The summed E-state index contributed by atoms with van der Waals surface area (Å²) in [4.78, 5) is 0. The molecule has 0 aromatic heterocycles. The van der Waals surface area contributed by atoms with E-state index in [1.165, 1.54) is 5.56 Å². The first-order valence-corrected chi connectivity index (χ1v) is 7.92. The molecule has 0 spiro atoms. The fourth-order valence-corrected chi connectivity index (χ4v) is 2.57. The number of thiocarbonyl (C=S) groups is 1. The largest absolute Gasteiger partial charge is 0.497 e. The second-order valence-corrected chi connectivity index (χ2v) is 5.48. The Morgan fingerprint density at radius 1 is 1.04 bits per heavy atom. The maximum Gasteiger partial charge on any atom is 0.171 e. The maximum absolute atomic E-state index is 5.43. The monoisotopic (exact) mass is 330 g/mol. The van der Waals surface area contributed by atoms with Crippen LogP contribution in [0.3, 0.4) is 0 Å². The maximum atomic E-state index is 5.43. The van der Waals surface area contributed by atoms with Gasteiger partial charge in [-0.25, -0.2) is 0 Å². The van der Waals surface area contributed by atoms with Crippen LogP contribution >= 0.6 is 12.2 Å². The topological polar surface area (TPSA) is 42.5 Å². The van der Waals surface area contributed by atoms with Crippen LogP contribution < -0.4 is 20.1 Å². The molecule has 0 saturated carbocycles. The van der Waals surface area contributed by atoms with Gasteiger partial charge in [-0.3, -0.25) is 0 Å². The first-order valence-electron chi connectivity index (χ1n) is 7.51. The van der Waals surface area contributed by atoms with Gasteiger partial charge in [0.15, 0.2) is 5.11 Å². The van der Waals surface area contributed by atoms with Crippen LogP contribution in [0.2, 0.25) is 0 Å². The van der Waals surface area contributed by atoms with E-state index >= 15 is 0 Å². The Hall–Kier alpha value is -2.27. The second kappa shape index (κ2) is 8.39. The number of rotatable bonds is 6. The van der Waals surface area contributed by atoms with E-state index < -0.39 is 0 Å². The zero-order valence-electron chi connectivity index (χ0n) is 13.6. The molecule has 1 atom stereocenters. The number of benzene rings is 2. The van der Waals surface area contributed by atoms with Crippen LogP contribution in [0.25, 0.3) is 0 Å². The standard InChI is InChI=1S/C18H22N2O2S/c1-4-17(13-8-6-5-7-9-13)20-18(23)19-14-10-15(21-2)12-16(11-14)22-3/h5-12,17H,4H2,1-3H3,(H2,19,20,23). The molecule has 2 rings (SSSR count). The lowest BCUT2D eigenvalue weighted by Gasteiger charge is -2.20. The molecule has 4 nitrogen and oxygen atoms in total. The highest BCUT2D eigenvalue weighted by Gasteiger charge is 2.11. The molecule has 2 aromatic carbocycles. The van der Waals surface area contributed by atoms with Crippen LogP contribution in [0, 0.1) is 0 Å². The summed E-state index contributed by atoms with van der Waals surface area (Å²) in [6.45, 7) is 2.13. The quantitative estimate of drug-likeness (QED) is 0.779. The number of hydrogen-bond donors (Lipinski definition) is 2. The minimum absolute atomic E-state index is 0.170. The summed E-state index contributed by atoms with van der Waals surface area (Å²) in [6, 6.07) is 16.0. The first-order chi connectivity index (χ1) is 11.2. The van der Waals surface area contributed by atoms with E-state index in [0.29, 0.717) is 16.6 Å². The summed E-state index contributed by atoms with van der Waals surface area (Å²) in [5.74, 6) is 1.43. The summed E-state index contributed by atoms with van der Waals surface area (Å²) < 4.78 is 10.5. The smallest absolute Gasteiger partial charge is 0.171 e. The molecule has 0 aliphatic heterocycles. The van der Waals surface area contributed by atoms with Crippen molar-refractivity contribution in [2.45, 2.75) is 19.4 Å². The Morgan fingerprint density at radius 3 is 2.17 bits per heavy atom. The van der Waals surface area contributed by atoms with E-state index in [4.69, 9.17) is 21.7 Å². The molecular formula is C18H22N2O2S. The lowest BCUT2D eigenvalue weighted by atomic mass is 10.1. The van der Waals surface area contributed by atoms with Crippen molar-refractivity contribution in [3.63, 3.8) is 0 Å². The molecule has 0 aliphatic carbocycles. The SMILES string of the molecule is CCC(NC(=S)Nc1cc(OC)cc(OC)c1)c1ccccc1. The predicted octanol–water partition coefficient (Wildman–Crippen LogP) is 4.14. The minimum Gasteiger partial charge on any atom is -0.497 e. The number of nitrogens with one attached hydrogen (secondary N) is 2. The van der Waals surface area contributed by atoms with Gasteiger partial charge in [0.1, 0.15) is 11.5 Å². The molecule has 2 N–H and O–H groups in total. The van der Waals surface area contributed by atoms with E-state index in [9.17, 15) is 0 Å². The van der Waals surface area contributed by atoms with Crippen LogP contribution in [0.4, 0.5) is 5.69 Å². The van der Waals surface area contributed by atoms with Crippen molar-refractivity contribution in [2.75, 3.05) is 19.5 Å². The molecule has 0 bridgehead atoms. The van der Waals surface area contributed by atoms with Crippen LogP contribution in [0.15, 0.2) is 48.5 Å². The average Bonchev–Trinajstić information content (AvgIpc) is 2.59. The average molecular weight is 330 g/mol. The molecule has 0 aliphatic rings. The predicted molar refractivity (Wildman–Crippen MR) is 98.4 cm³/mol. The molecule has 5 heteroatoms. The van der Waals surface area contributed by atoms with Gasteiger partial charge in [0.05, 0.1) is 20.3 Å². The minimum atomic E-state index is 0.170. The Labute approximate surface area is 142 Å². The number of methoxy groups -OCH3 is 2. The fourth-order valence-electron chi connectivity index (χ4n) is 2.31. The third-order valence-electron chi connectivity index (χ3n) is 3.52. The molecular weight excluding hydrogens is 308 g/mol. The lowest BCUT2D eigenvalue weighted by Crippen LogP contribution is -2.32. The van der Waals surface area contributed by atoms with Gasteiger partial charge in [0.2, 0.25) is 0 Å². The molecule has 23 heavy (non-hydrogen) atoms. The van der Waals surface area contributed by atoms with Gasteiger partial charge in [-0.1, -0.05) is 37.3 Å². The Kier molecular flexibility index (Phi) is 6.23. The highest BCUT2D eigenvalue weighted by atomic mass is 32.1. The first kappa shape index (κ1) is 17.1. The highest BCUT2D eigenvalue weighted by molar-refractivity contribution is 7.80. The third kappa shape index (κ3) is 4.86. The van der Waals surface area contributed by atoms with Crippen LogP contribution in [-0.2, 0) is 0 Å². The van der Waals surface area contributed by atoms with Crippen molar-refractivity contribution in [3.8, 4) is 11.5 Å². The summed E-state index contributed by atoms with van der Waals surface area (Å²) in [5.41, 5.74) is 2.03. The Morgan fingerprint density at radius 2 is 1.65 bits per heavy atom. The zero-order valence-corrected chi connectivity index (χ0v) is 14.4. The summed E-state index contributed by atoms with van der Waals surface area (Å²) in [7, 11) is 3.25. The molecule has 0 fully saturated rings. The third-order valence-corrected chi connectivity index (χ3v) is 3.74. The van der Waals surface area contributed by atoms with Gasteiger partial charge in [-0.05, 0) is 24.2 Å². The van der Waals surface area contributed by atoms with Crippen molar-refractivity contribution < 1.29 is 9.47 Å². The second-order valence-electron chi connectivity index (χ2n) is 5.07. The van der Waals surface area contributed by atoms with Crippen molar-refractivity contribution in [1.82, 2.24) is 5.32 Å². The van der Waals surface area contributed by atoms with Gasteiger partial charge >= 0.3 is 0 Å². The van der Waals surface area contributed by atoms with Crippen molar-refractivity contribution in [3.05, 3.63) is 54.1 Å². The van der Waals surface area contributed by atoms with E-state index in [-0.39, 0.29) is 6.04 Å². The van der Waals surface area contributed by atoms with Crippen LogP contribution in [0.5, 0.6) is 11.5 Å². The fraction of sp³-hybridized carbons (Fsp3) is 0.278. The van der Waals surface area contributed by atoms with Crippen LogP contribution in [-0.4, -0.2) is 19.3 Å². The Bertz CT molecular complexity index is 624. The summed E-state index contributed by atoms with van der Waals surface area (Å²) in [5, 5.41) is 7.10. The van der Waals surface area contributed by atoms with E-state index in [0.717, 1.165) is 12.1 Å². The summed E-state index contributed by atoms with van der Waals surface area (Å²) in [6.07, 6.45) is 0.938. The van der Waals surface area contributed by atoms with E-state index in [1.54, 1.807) is 14.2 Å². The summed E-state index contributed by atoms with van der Waals surface area (Å²) >= 11 is 5.43. The van der Waals surface area contributed by atoms with Gasteiger partial charge < -0.3 is 20.1 Å². The zero-order chi connectivity index (χ0) is 16.7.